The first-order chi connectivity index (χ1) is 9.69. The molecule has 0 fully saturated rings. The van der Waals surface area contributed by atoms with E-state index in [4.69, 9.17) is 10.8 Å². The molecule has 0 heterocycles. The summed E-state index contributed by atoms with van der Waals surface area (Å²) in [7, 11) is 0. The number of carboxylic acid groups (broad SMARTS) is 1. The second-order valence-corrected chi connectivity index (χ2v) is 6.46. The number of hydrogen-bond donors (Lipinski definition) is 3. The van der Waals surface area contributed by atoms with Crippen LogP contribution in [0.1, 0.15) is 45.2 Å². The minimum absolute atomic E-state index is 0.0791. The number of carbonyl (C=O) groups excluding carboxylic acids is 1. The lowest BCUT2D eigenvalue weighted by Crippen LogP contribution is -2.43. The van der Waals surface area contributed by atoms with E-state index in [1.165, 1.54) is 0 Å². The topological polar surface area (TPSA) is 92.4 Å². The van der Waals surface area contributed by atoms with E-state index in [1.807, 2.05) is 39.0 Å². The predicted octanol–water partition coefficient (Wildman–Crippen LogP) is 2.08. The molecule has 0 bridgehead atoms. The maximum Gasteiger partial charge on any atom is 0.305 e. The van der Waals surface area contributed by atoms with Gasteiger partial charge in [0.2, 0.25) is 5.91 Å². The molecule has 1 aromatic carbocycles. The van der Waals surface area contributed by atoms with Gasteiger partial charge in [-0.15, -0.1) is 0 Å². The van der Waals surface area contributed by atoms with Gasteiger partial charge in [-0.05, 0) is 17.4 Å². The summed E-state index contributed by atoms with van der Waals surface area (Å²) in [5.41, 5.74) is 6.55. The fraction of sp³-hybridized carbons (Fsp3) is 0.500. The van der Waals surface area contributed by atoms with Crippen LogP contribution >= 0.6 is 0 Å². The highest BCUT2D eigenvalue weighted by atomic mass is 16.4. The number of carboxylic acids is 1. The third-order valence-corrected chi connectivity index (χ3v) is 3.07. The molecule has 1 amide bonds. The smallest absolute Gasteiger partial charge is 0.305 e. The Hall–Kier alpha value is -1.88. The molecule has 116 valence electrons. The van der Waals surface area contributed by atoms with Gasteiger partial charge < -0.3 is 16.2 Å². The predicted molar refractivity (Wildman–Crippen MR) is 81.6 cm³/mol. The molecule has 2 atom stereocenters. The third kappa shape index (κ3) is 6.40. The van der Waals surface area contributed by atoms with Crippen molar-refractivity contribution in [3.05, 3.63) is 35.9 Å². The van der Waals surface area contributed by atoms with Gasteiger partial charge in [0.15, 0.2) is 0 Å². The fourth-order valence-corrected chi connectivity index (χ4v) is 2.23. The zero-order chi connectivity index (χ0) is 16.0. The Bertz CT molecular complexity index is 480. The number of aliphatic carboxylic acids is 1. The fourth-order valence-electron chi connectivity index (χ4n) is 2.23. The molecule has 5 nitrogen and oxygen atoms in total. The summed E-state index contributed by atoms with van der Waals surface area (Å²) >= 11 is 0. The highest BCUT2D eigenvalue weighted by molar-refractivity contribution is 5.83. The Morgan fingerprint density at radius 2 is 1.81 bits per heavy atom. The highest BCUT2D eigenvalue weighted by Crippen LogP contribution is 2.22. The summed E-state index contributed by atoms with van der Waals surface area (Å²) in [5, 5.41) is 11.7. The van der Waals surface area contributed by atoms with E-state index in [0.29, 0.717) is 12.0 Å². The molecular weight excluding hydrogens is 268 g/mol. The Morgan fingerprint density at radius 1 is 1.24 bits per heavy atom. The number of rotatable bonds is 6. The standard InChI is InChI=1S/C16H24N2O3/c1-16(2,3)10-12(9-13(19)20)18-15(21)14(17)11-7-5-4-6-8-11/h4-8,12,14H,9-10,17H2,1-3H3,(H,18,21)(H,19,20)/t12?,14-/m0/s1. The van der Waals surface area contributed by atoms with Gasteiger partial charge in [-0.1, -0.05) is 51.1 Å². The van der Waals surface area contributed by atoms with Crippen LogP contribution in [-0.2, 0) is 9.59 Å². The SMILES string of the molecule is CC(C)(C)CC(CC(=O)O)NC(=O)[C@@H](N)c1ccccc1. The molecule has 0 aliphatic carbocycles. The van der Waals surface area contributed by atoms with Crippen molar-refractivity contribution in [1.82, 2.24) is 5.32 Å². The molecule has 1 rings (SSSR count). The van der Waals surface area contributed by atoms with Gasteiger partial charge in [0.1, 0.15) is 6.04 Å². The maximum absolute atomic E-state index is 12.2. The molecule has 1 unspecified atom stereocenters. The summed E-state index contributed by atoms with van der Waals surface area (Å²) in [5.74, 6) is -1.28. The van der Waals surface area contributed by atoms with Crippen LogP contribution in [0.5, 0.6) is 0 Å². The quantitative estimate of drug-likeness (QED) is 0.748. The zero-order valence-corrected chi connectivity index (χ0v) is 12.8. The van der Waals surface area contributed by atoms with Crippen molar-refractivity contribution in [2.24, 2.45) is 11.1 Å². The number of carbonyl (C=O) groups is 2. The van der Waals surface area contributed by atoms with Gasteiger partial charge in [0, 0.05) is 6.04 Å². The van der Waals surface area contributed by atoms with E-state index in [-0.39, 0.29) is 17.7 Å². The Morgan fingerprint density at radius 3 is 2.29 bits per heavy atom. The van der Waals surface area contributed by atoms with Crippen molar-refractivity contribution in [2.75, 3.05) is 0 Å². The molecule has 0 spiro atoms. The molecule has 0 aliphatic heterocycles. The van der Waals surface area contributed by atoms with Crippen LogP contribution in [0.3, 0.4) is 0 Å². The van der Waals surface area contributed by atoms with E-state index in [2.05, 4.69) is 5.32 Å². The van der Waals surface area contributed by atoms with E-state index < -0.39 is 18.1 Å². The summed E-state index contributed by atoms with van der Waals surface area (Å²) < 4.78 is 0. The van der Waals surface area contributed by atoms with Crippen molar-refractivity contribution in [1.29, 1.82) is 0 Å². The minimum atomic E-state index is -0.933. The molecular formula is C16H24N2O3. The first-order valence-electron chi connectivity index (χ1n) is 7.02. The first-order valence-corrected chi connectivity index (χ1v) is 7.02. The number of benzene rings is 1. The van der Waals surface area contributed by atoms with Gasteiger partial charge >= 0.3 is 5.97 Å². The number of nitrogens with two attached hydrogens (primary N) is 1. The average Bonchev–Trinajstić information content (AvgIpc) is 2.36. The number of amides is 1. The van der Waals surface area contributed by atoms with Gasteiger partial charge in [-0.2, -0.15) is 0 Å². The number of nitrogens with one attached hydrogen (secondary N) is 1. The van der Waals surface area contributed by atoms with Crippen LogP contribution in [0.15, 0.2) is 30.3 Å². The monoisotopic (exact) mass is 292 g/mol. The number of hydrogen-bond acceptors (Lipinski definition) is 3. The summed E-state index contributed by atoms with van der Waals surface area (Å²) in [6.45, 7) is 6.02. The Kier molecular flexibility index (Phi) is 5.90. The summed E-state index contributed by atoms with van der Waals surface area (Å²) in [6, 6.07) is 7.81. The van der Waals surface area contributed by atoms with Gasteiger partial charge in [-0.25, -0.2) is 0 Å². The van der Waals surface area contributed by atoms with Crippen LogP contribution in [-0.4, -0.2) is 23.0 Å². The van der Waals surface area contributed by atoms with Crippen LogP contribution < -0.4 is 11.1 Å². The lowest BCUT2D eigenvalue weighted by molar-refractivity contribution is -0.138. The van der Waals surface area contributed by atoms with Crippen LogP contribution in [0.25, 0.3) is 0 Å². The van der Waals surface area contributed by atoms with Gasteiger partial charge in [-0.3, -0.25) is 9.59 Å². The van der Waals surface area contributed by atoms with Gasteiger partial charge in [0.25, 0.3) is 0 Å². The third-order valence-electron chi connectivity index (χ3n) is 3.07. The molecule has 0 aromatic heterocycles. The highest BCUT2D eigenvalue weighted by Gasteiger charge is 2.25. The van der Waals surface area contributed by atoms with E-state index in [9.17, 15) is 9.59 Å². The van der Waals surface area contributed by atoms with Crippen molar-refractivity contribution < 1.29 is 14.7 Å². The molecule has 0 aliphatic rings. The second kappa shape index (κ2) is 7.22. The molecule has 1 aromatic rings. The molecule has 0 saturated heterocycles. The van der Waals surface area contributed by atoms with Crippen LogP contribution in [0, 0.1) is 5.41 Å². The lowest BCUT2D eigenvalue weighted by atomic mass is 9.87. The first kappa shape index (κ1) is 17.2. The molecule has 0 radical (unpaired) electrons. The van der Waals surface area contributed by atoms with Crippen molar-refractivity contribution in [3.63, 3.8) is 0 Å². The maximum atomic E-state index is 12.2. The largest absolute Gasteiger partial charge is 0.481 e. The molecule has 5 heteroatoms. The lowest BCUT2D eigenvalue weighted by Gasteiger charge is -2.27. The minimum Gasteiger partial charge on any atom is -0.481 e. The molecule has 4 N–H and O–H groups in total. The van der Waals surface area contributed by atoms with Crippen molar-refractivity contribution in [3.8, 4) is 0 Å². The Labute approximate surface area is 125 Å². The van der Waals surface area contributed by atoms with Gasteiger partial charge in [0.05, 0.1) is 6.42 Å². The van der Waals surface area contributed by atoms with E-state index in [0.717, 1.165) is 0 Å². The molecule has 21 heavy (non-hydrogen) atoms. The summed E-state index contributed by atoms with van der Waals surface area (Å²) in [4.78, 5) is 23.1. The van der Waals surface area contributed by atoms with E-state index in [1.54, 1.807) is 12.1 Å². The Balaban J connectivity index is 2.73. The average molecular weight is 292 g/mol. The normalized spacial score (nSPS) is 14.3. The zero-order valence-electron chi connectivity index (χ0n) is 12.8. The summed E-state index contributed by atoms with van der Waals surface area (Å²) in [6.07, 6.45) is 0.469. The second-order valence-electron chi connectivity index (χ2n) is 6.46. The van der Waals surface area contributed by atoms with Crippen LogP contribution in [0.4, 0.5) is 0 Å². The van der Waals surface area contributed by atoms with E-state index >= 15 is 0 Å². The van der Waals surface area contributed by atoms with Crippen LogP contribution in [0.2, 0.25) is 0 Å². The van der Waals surface area contributed by atoms with Crippen molar-refractivity contribution >= 4 is 11.9 Å². The van der Waals surface area contributed by atoms with Crippen molar-refractivity contribution in [2.45, 2.75) is 45.7 Å². The molecule has 0 saturated carbocycles.